The molecule has 1 aliphatic rings. The summed E-state index contributed by atoms with van der Waals surface area (Å²) in [4.78, 5) is 16.5. The molecule has 3 aromatic rings. The maximum Gasteiger partial charge on any atom is 0.321 e. The first-order chi connectivity index (χ1) is 12.3. The predicted molar refractivity (Wildman–Crippen MR) is 97.9 cm³/mol. The summed E-state index contributed by atoms with van der Waals surface area (Å²) in [7, 11) is 0. The number of para-hydroxylation sites is 1. The van der Waals surface area contributed by atoms with E-state index in [9.17, 15) is 4.79 Å². The number of aryl methyl sites for hydroxylation is 1. The van der Waals surface area contributed by atoms with Gasteiger partial charge in [0.15, 0.2) is 5.13 Å². The lowest BCUT2D eigenvalue weighted by atomic mass is 10.2. The Labute approximate surface area is 149 Å². The van der Waals surface area contributed by atoms with Gasteiger partial charge in [-0.3, -0.25) is 5.32 Å². The lowest BCUT2D eigenvalue weighted by Gasteiger charge is -2.08. The van der Waals surface area contributed by atoms with E-state index < -0.39 is 0 Å². The highest BCUT2D eigenvalue weighted by atomic mass is 32.1. The molecule has 0 atom stereocenters. The average molecular weight is 356 g/mol. The third-order valence-corrected chi connectivity index (χ3v) is 5.29. The SMILES string of the molecule is O=C(NCCc1nnc2n1CCCCC2)Nc1nc2ccccc2s1. The van der Waals surface area contributed by atoms with Crippen molar-refractivity contribution in [2.45, 2.75) is 38.6 Å². The van der Waals surface area contributed by atoms with Crippen molar-refractivity contribution in [1.29, 1.82) is 0 Å². The van der Waals surface area contributed by atoms with E-state index in [0.29, 0.717) is 18.1 Å². The molecule has 130 valence electrons. The molecule has 0 radical (unpaired) electrons. The molecule has 2 aromatic heterocycles. The van der Waals surface area contributed by atoms with Gasteiger partial charge in [-0.15, -0.1) is 10.2 Å². The molecule has 25 heavy (non-hydrogen) atoms. The van der Waals surface area contributed by atoms with Crippen LogP contribution < -0.4 is 10.6 Å². The van der Waals surface area contributed by atoms with Crippen LogP contribution in [0.4, 0.5) is 9.93 Å². The third-order valence-electron chi connectivity index (χ3n) is 4.33. The van der Waals surface area contributed by atoms with Crippen LogP contribution in [0.5, 0.6) is 0 Å². The minimum absolute atomic E-state index is 0.241. The maximum atomic E-state index is 12.1. The van der Waals surface area contributed by atoms with E-state index in [1.54, 1.807) is 0 Å². The fourth-order valence-corrected chi connectivity index (χ4v) is 3.95. The van der Waals surface area contributed by atoms with E-state index in [4.69, 9.17) is 0 Å². The quantitative estimate of drug-likeness (QED) is 0.753. The van der Waals surface area contributed by atoms with E-state index in [1.165, 1.54) is 30.6 Å². The number of hydrogen-bond acceptors (Lipinski definition) is 5. The number of urea groups is 1. The van der Waals surface area contributed by atoms with Crippen molar-refractivity contribution in [3.63, 3.8) is 0 Å². The van der Waals surface area contributed by atoms with Gasteiger partial charge in [-0.25, -0.2) is 9.78 Å². The molecule has 0 fully saturated rings. The lowest BCUT2D eigenvalue weighted by molar-refractivity contribution is 0.252. The van der Waals surface area contributed by atoms with Gasteiger partial charge in [0.2, 0.25) is 0 Å². The molecule has 7 nitrogen and oxygen atoms in total. The maximum absolute atomic E-state index is 12.1. The van der Waals surface area contributed by atoms with Gasteiger partial charge < -0.3 is 9.88 Å². The highest BCUT2D eigenvalue weighted by molar-refractivity contribution is 7.22. The highest BCUT2D eigenvalue weighted by Crippen LogP contribution is 2.25. The van der Waals surface area contributed by atoms with Crippen LogP contribution in [0.1, 0.15) is 30.9 Å². The summed E-state index contributed by atoms with van der Waals surface area (Å²) in [5.74, 6) is 2.03. The zero-order chi connectivity index (χ0) is 17.1. The molecule has 0 spiro atoms. The largest absolute Gasteiger partial charge is 0.337 e. The zero-order valence-corrected chi connectivity index (χ0v) is 14.7. The number of fused-ring (bicyclic) bond motifs is 2. The molecule has 3 heterocycles. The summed E-state index contributed by atoms with van der Waals surface area (Å²) in [6.45, 7) is 1.50. The van der Waals surface area contributed by atoms with Gasteiger partial charge in [-0.05, 0) is 25.0 Å². The van der Waals surface area contributed by atoms with Crippen molar-refractivity contribution in [1.82, 2.24) is 25.1 Å². The van der Waals surface area contributed by atoms with Crippen LogP contribution in [0.3, 0.4) is 0 Å². The summed E-state index contributed by atoms with van der Waals surface area (Å²) < 4.78 is 3.27. The zero-order valence-electron chi connectivity index (χ0n) is 13.9. The number of carbonyl (C=O) groups excluding carboxylic acids is 1. The van der Waals surface area contributed by atoms with Gasteiger partial charge in [0.05, 0.1) is 10.2 Å². The number of carbonyl (C=O) groups is 1. The first kappa shape index (κ1) is 16.0. The summed E-state index contributed by atoms with van der Waals surface area (Å²) in [6, 6.07) is 7.59. The number of rotatable bonds is 4. The Morgan fingerprint density at radius 2 is 2.12 bits per heavy atom. The lowest BCUT2D eigenvalue weighted by Crippen LogP contribution is -2.31. The van der Waals surface area contributed by atoms with Crippen LogP contribution >= 0.6 is 11.3 Å². The molecule has 0 saturated heterocycles. The van der Waals surface area contributed by atoms with E-state index in [-0.39, 0.29) is 6.03 Å². The number of hydrogen-bond donors (Lipinski definition) is 2. The molecular weight excluding hydrogens is 336 g/mol. The van der Waals surface area contributed by atoms with Gasteiger partial charge in [0, 0.05) is 25.9 Å². The molecule has 0 unspecified atom stereocenters. The van der Waals surface area contributed by atoms with Crippen LogP contribution in [0.2, 0.25) is 0 Å². The first-order valence-electron chi connectivity index (χ1n) is 8.61. The van der Waals surface area contributed by atoms with E-state index in [2.05, 4.69) is 30.4 Å². The minimum Gasteiger partial charge on any atom is -0.337 e. The van der Waals surface area contributed by atoms with Crippen molar-refractivity contribution in [2.75, 3.05) is 11.9 Å². The molecule has 8 heteroatoms. The van der Waals surface area contributed by atoms with Gasteiger partial charge in [-0.2, -0.15) is 0 Å². The van der Waals surface area contributed by atoms with Gasteiger partial charge >= 0.3 is 6.03 Å². The fraction of sp³-hybridized carbons (Fsp3) is 0.412. The van der Waals surface area contributed by atoms with Crippen LogP contribution in [-0.4, -0.2) is 32.3 Å². The van der Waals surface area contributed by atoms with E-state index in [1.807, 2.05) is 24.3 Å². The van der Waals surface area contributed by atoms with Crippen molar-refractivity contribution in [2.24, 2.45) is 0 Å². The predicted octanol–water partition coefficient (Wildman–Crippen LogP) is 2.98. The Kier molecular flexibility index (Phi) is 4.60. The van der Waals surface area contributed by atoms with Crippen molar-refractivity contribution in [3.8, 4) is 0 Å². The topological polar surface area (TPSA) is 84.7 Å². The Balaban J connectivity index is 1.31. The van der Waals surface area contributed by atoms with Crippen LogP contribution in [0.15, 0.2) is 24.3 Å². The number of nitrogens with one attached hydrogen (secondary N) is 2. The number of nitrogens with zero attached hydrogens (tertiary/aromatic N) is 4. The van der Waals surface area contributed by atoms with Crippen LogP contribution in [0.25, 0.3) is 10.2 Å². The number of amides is 2. The number of anilines is 1. The molecule has 2 N–H and O–H groups in total. The van der Waals surface area contributed by atoms with Gasteiger partial charge in [0.25, 0.3) is 0 Å². The Morgan fingerprint density at radius 3 is 3.04 bits per heavy atom. The number of thiazole rings is 1. The number of aromatic nitrogens is 4. The van der Waals surface area contributed by atoms with E-state index >= 15 is 0 Å². The van der Waals surface area contributed by atoms with Crippen molar-refractivity contribution in [3.05, 3.63) is 35.9 Å². The van der Waals surface area contributed by atoms with Crippen LogP contribution in [-0.2, 0) is 19.4 Å². The van der Waals surface area contributed by atoms with Crippen molar-refractivity contribution < 1.29 is 4.79 Å². The molecule has 2 amide bonds. The molecule has 1 aromatic carbocycles. The molecular formula is C17H20N6OS. The Morgan fingerprint density at radius 1 is 1.20 bits per heavy atom. The molecule has 0 bridgehead atoms. The molecule has 0 aliphatic carbocycles. The Bertz CT molecular complexity index is 853. The van der Waals surface area contributed by atoms with E-state index in [0.717, 1.165) is 34.8 Å². The van der Waals surface area contributed by atoms with Crippen molar-refractivity contribution >= 4 is 32.7 Å². The third kappa shape index (κ3) is 3.63. The summed E-state index contributed by atoms with van der Waals surface area (Å²) in [6.07, 6.45) is 5.27. The second kappa shape index (κ2) is 7.18. The second-order valence-electron chi connectivity index (χ2n) is 6.11. The Hall–Kier alpha value is -2.48. The number of benzene rings is 1. The molecule has 0 saturated carbocycles. The van der Waals surface area contributed by atoms with Gasteiger partial charge in [-0.1, -0.05) is 29.9 Å². The summed E-state index contributed by atoms with van der Waals surface area (Å²) in [5, 5.41) is 14.8. The van der Waals surface area contributed by atoms with Crippen LogP contribution in [0, 0.1) is 0 Å². The average Bonchev–Trinajstić information content (AvgIpc) is 3.10. The highest BCUT2D eigenvalue weighted by Gasteiger charge is 2.14. The summed E-state index contributed by atoms with van der Waals surface area (Å²) in [5.41, 5.74) is 0.897. The normalized spacial score (nSPS) is 14.1. The second-order valence-corrected chi connectivity index (χ2v) is 7.14. The molecule has 4 rings (SSSR count). The summed E-state index contributed by atoms with van der Waals surface area (Å²) >= 11 is 1.47. The minimum atomic E-state index is -0.241. The fourth-order valence-electron chi connectivity index (χ4n) is 3.09. The standard InChI is InChI=1S/C17H20N6OS/c24-16(20-17-19-12-6-3-4-7-13(12)25-17)18-10-9-15-22-21-14-8-2-1-5-11-23(14)15/h3-4,6-7H,1-2,5,8-11H2,(H2,18,19,20,24). The first-order valence-corrected chi connectivity index (χ1v) is 9.42. The molecule has 1 aliphatic heterocycles. The monoisotopic (exact) mass is 356 g/mol. The smallest absolute Gasteiger partial charge is 0.321 e. The van der Waals surface area contributed by atoms with Gasteiger partial charge in [0.1, 0.15) is 11.6 Å².